The lowest BCUT2D eigenvalue weighted by atomic mass is 9.77. The maximum atomic E-state index is 10.4. The van der Waals surface area contributed by atoms with Crippen LogP contribution in [0.5, 0.6) is 23.0 Å². The van der Waals surface area contributed by atoms with Crippen molar-refractivity contribution in [2.75, 3.05) is 0 Å². The van der Waals surface area contributed by atoms with Crippen LogP contribution in [0.4, 0.5) is 0 Å². The highest BCUT2D eigenvalue weighted by Gasteiger charge is 2.27. The molecule has 0 aliphatic carbocycles. The van der Waals surface area contributed by atoms with Crippen molar-refractivity contribution < 1.29 is 20.4 Å². The third kappa shape index (κ3) is 5.90. The molecule has 0 atom stereocenters. The minimum absolute atomic E-state index is 0.0116. The lowest BCUT2D eigenvalue weighted by Gasteiger charge is -2.28. The van der Waals surface area contributed by atoms with E-state index in [1.807, 2.05) is 24.3 Å². The maximum Gasteiger partial charge on any atom is 0.137 e. The van der Waals surface area contributed by atoms with Gasteiger partial charge in [0.2, 0.25) is 0 Å². The number of phenolic OH excluding ortho intramolecular Hbond substituents is 4. The van der Waals surface area contributed by atoms with Crippen molar-refractivity contribution in [3.8, 4) is 23.0 Å². The van der Waals surface area contributed by atoms with Crippen molar-refractivity contribution in [3.05, 3.63) is 113 Å². The first kappa shape index (κ1) is 29.2. The summed E-state index contributed by atoms with van der Waals surface area (Å²) in [5.74, 6) is -0.557. The van der Waals surface area contributed by atoms with E-state index in [0.29, 0.717) is 28.7 Å². The van der Waals surface area contributed by atoms with Crippen LogP contribution in [0, 0.1) is 27.7 Å². The average Bonchev–Trinajstić information content (AvgIpc) is 2.87. The van der Waals surface area contributed by atoms with E-state index in [1.165, 1.54) is 0 Å². The van der Waals surface area contributed by atoms with Gasteiger partial charge >= 0.3 is 0 Å². The highest BCUT2D eigenvalue weighted by molar-refractivity contribution is 6.33. The summed E-state index contributed by atoms with van der Waals surface area (Å²) in [6.07, 6.45) is 0.474. The average molecular weight is 606 g/mol. The molecule has 0 aromatic heterocycles. The minimum atomic E-state index is -0.302. The molecule has 4 N–H and O–H groups in total. The Balaban J connectivity index is 1.98. The molecule has 0 amide bonds. The second-order valence-corrected chi connectivity index (χ2v) is 11.6. The monoisotopic (exact) mass is 604 g/mol. The number of aryl methyl sites for hydroxylation is 4. The molecule has 0 heterocycles. The Morgan fingerprint density at radius 1 is 0.436 bits per heavy atom. The smallest absolute Gasteiger partial charge is 0.137 e. The fraction of sp³-hybridized carbons (Fsp3) is 0.226. The van der Waals surface area contributed by atoms with E-state index < -0.39 is 0 Å². The second kappa shape index (κ2) is 11.4. The van der Waals surface area contributed by atoms with Gasteiger partial charge in [-0.25, -0.2) is 0 Å². The summed E-state index contributed by atoms with van der Waals surface area (Å²) in [4.78, 5) is 0. The van der Waals surface area contributed by atoms with E-state index in [0.717, 1.165) is 22.3 Å². The summed E-state index contributed by atoms with van der Waals surface area (Å²) in [7, 11) is 0. The van der Waals surface area contributed by atoms with Crippen molar-refractivity contribution in [3.63, 3.8) is 0 Å². The van der Waals surface area contributed by atoms with Crippen molar-refractivity contribution in [1.82, 2.24) is 0 Å². The van der Waals surface area contributed by atoms with Crippen LogP contribution in [0.1, 0.15) is 62.8 Å². The van der Waals surface area contributed by atoms with Gasteiger partial charge in [0.15, 0.2) is 0 Å². The van der Waals surface area contributed by atoms with Crippen LogP contribution in [0.15, 0.2) is 48.5 Å². The predicted octanol–water partition coefficient (Wildman–Crippen LogP) is 9.71. The van der Waals surface area contributed by atoms with Crippen LogP contribution < -0.4 is 0 Å². The van der Waals surface area contributed by atoms with Crippen LogP contribution >= 0.6 is 46.4 Å². The molecule has 39 heavy (non-hydrogen) atoms. The first-order valence-electron chi connectivity index (χ1n) is 12.2. The first-order chi connectivity index (χ1) is 18.3. The largest absolute Gasteiger partial charge is 0.506 e. The molecule has 0 aliphatic heterocycles. The van der Waals surface area contributed by atoms with Crippen molar-refractivity contribution in [2.24, 2.45) is 0 Å². The molecule has 4 aromatic carbocycles. The van der Waals surface area contributed by atoms with Gasteiger partial charge in [-0.3, -0.25) is 0 Å². The molecular weight excluding hydrogens is 578 g/mol. The Hall–Kier alpha value is -2.76. The molecule has 8 heteroatoms. The van der Waals surface area contributed by atoms with Gasteiger partial charge in [-0.1, -0.05) is 70.7 Å². The van der Waals surface area contributed by atoms with E-state index in [4.69, 9.17) is 46.4 Å². The van der Waals surface area contributed by atoms with Gasteiger partial charge in [0.25, 0.3) is 0 Å². The van der Waals surface area contributed by atoms with Crippen molar-refractivity contribution in [2.45, 2.75) is 46.0 Å². The number of rotatable bonds is 6. The van der Waals surface area contributed by atoms with Crippen molar-refractivity contribution in [1.29, 1.82) is 0 Å². The van der Waals surface area contributed by atoms with Crippen LogP contribution in [0.3, 0.4) is 0 Å². The van der Waals surface area contributed by atoms with Crippen LogP contribution in [-0.2, 0) is 0 Å². The quantitative estimate of drug-likeness (QED) is 0.176. The SMILES string of the molecule is Cc1cc(C(CC(c2cc(C)c(O)c(Cl)c2)c2cc(C)c(O)c(Cl)c2)c2cc(C)c(O)c(Cl)c2)cc(Cl)c1O. The van der Waals surface area contributed by atoms with E-state index >= 15 is 0 Å². The van der Waals surface area contributed by atoms with Gasteiger partial charge in [-0.2, -0.15) is 0 Å². The van der Waals surface area contributed by atoms with E-state index in [1.54, 1.807) is 52.0 Å². The lowest BCUT2D eigenvalue weighted by Crippen LogP contribution is -2.11. The van der Waals surface area contributed by atoms with Gasteiger partial charge in [0.05, 0.1) is 20.1 Å². The molecule has 0 radical (unpaired) electrons. The Morgan fingerprint density at radius 3 is 0.821 bits per heavy atom. The van der Waals surface area contributed by atoms with Crippen LogP contribution in [0.25, 0.3) is 0 Å². The minimum Gasteiger partial charge on any atom is -0.506 e. The highest BCUT2D eigenvalue weighted by atomic mass is 35.5. The third-order valence-corrected chi connectivity index (χ3v) is 8.34. The normalized spacial score (nSPS) is 11.5. The summed E-state index contributed by atoms with van der Waals surface area (Å²) in [5.41, 5.74) is 5.82. The predicted molar refractivity (Wildman–Crippen MR) is 160 cm³/mol. The molecule has 4 rings (SSSR count). The zero-order chi connectivity index (χ0) is 28.8. The Labute approximate surface area is 248 Å². The second-order valence-electron chi connectivity index (χ2n) is 10.0. The fourth-order valence-corrected chi connectivity index (χ4v) is 6.12. The zero-order valence-corrected chi connectivity index (χ0v) is 24.8. The Morgan fingerprint density at radius 2 is 0.641 bits per heavy atom. The molecule has 0 unspecified atom stereocenters. The summed E-state index contributed by atoms with van der Waals surface area (Å²) in [5, 5.41) is 42.3. The molecule has 0 bridgehead atoms. The number of benzene rings is 4. The molecule has 4 aromatic rings. The van der Waals surface area contributed by atoms with E-state index in [2.05, 4.69) is 0 Å². The third-order valence-electron chi connectivity index (χ3n) is 7.19. The summed E-state index contributed by atoms with van der Waals surface area (Å²) in [6.45, 7) is 7.11. The van der Waals surface area contributed by atoms with Crippen LogP contribution in [-0.4, -0.2) is 20.4 Å². The molecule has 0 saturated heterocycles. The molecule has 0 spiro atoms. The Bertz CT molecular complexity index is 1260. The van der Waals surface area contributed by atoms with Gasteiger partial charge < -0.3 is 20.4 Å². The van der Waals surface area contributed by atoms with Gasteiger partial charge in [-0.05, 0) is 103 Å². The maximum absolute atomic E-state index is 10.4. The van der Waals surface area contributed by atoms with E-state index in [-0.39, 0.29) is 54.9 Å². The molecule has 4 nitrogen and oxygen atoms in total. The molecular formula is C31H28Cl4O4. The summed E-state index contributed by atoms with van der Waals surface area (Å²) >= 11 is 25.7. The highest BCUT2D eigenvalue weighted by Crippen LogP contribution is 2.46. The first-order valence-corrected chi connectivity index (χ1v) is 13.8. The topological polar surface area (TPSA) is 80.9 Å². The number of hydrogen-bond acceptors (Lipinski definition) is 4. The number of hydrogen-bond donors (Lipinski definition) is 4. The van der Waals surface area contributed by atoms with Crippen molar-refractivity contribution >= 4 is 46.4 Å². The molecule has 0 aliphatic rings. The number of aromatic hydroxyl groups is 4. The number of phenols is 4. The Kier molecular flexibility index (Phi) is 8.53. The van der Waals surface area contributed by atoms with Crippen LogP contribution in [0.2, 0.25) is 20.1 Å². The molecule has 204 valence electrons. The zero-order valence-electron chi connectivity index (χ0n) is 21.8. The standard InChI is InChI=1S/C31H28Cl4O4/c1-14-5-18(9-24(32)28(14)36)22(19-6-15(2)29(37)25(33)10-19)13-23(20-7-16(3)30(38)26(34)11-20)21-8-17(4)31(39)27(35)12-21/h5-12,22-23,36-39H,13H2,1-4H3. The molecule has 0 saturated carbocycles. The van der Waals surface area contributed by atoms with E-state index in [9.17, 15) is 20.4 Å². The number of halogens is 4. The lowest BCUT2D eigenvalue weighted by molar-refractivity contribution is 0.470. The molecule has 0 fully saturated rings. The summed E-state index contributed by atoms with van der Waals surface area (Å²) in [6, 6.07) is 14.4. The van der Waals surface area contributed by atoms with Gasteiger partial charge in [0.1, 0.15) is 23.0 Å². The van der Waals surface area contributed by atoms with Gasteiger partial charge in [-0.15, -0.1) is 0 Å². The van der Waals surface area contributed by atoms with Gasteiger partial charge in [0, 0.05) is 11.8 Å². The summed E-state index contributed by atoms with van der Waals surface area (Å²) < 4.78 is 0. The fourth-order valence-electron chi connectivity index (χ4n) is 5.02.